The zero-order valence-corrected chi connectivity index (χ0v) is 25.3. The maximum absolute atomic E-state index is 14.1. The number of rotatable bonds is 13. The van der Waals surface area contributed by atoms with Crippen molar-refractivity contribution >= 4 is 44.9 Å². The van der Waals surface area contributed by atoms with Crippen LogP contribution in [0.5, 0.6) is 0 Å². The average molecular weight is 598 g/mol. The first-order chi connectivity index (χ1) is 19.4. The van der Waals surface area contributed by atoms with Gasteiger partial charge in [0.1, 0.15) is 12.6 Å². The van der Waals surface area contributed by atoms with Crippen LogP contribution in [0.4, 0.5) is 5.69 Å². The third-order valence-corrected chi connectivity index (χ3v) is 7.98. The molecule has 0 saturated heterocycles. The molecular formula is C31H36ClN3O5S. The molecule has 0 aromatic heterocycles. The molecule has 0 heterocycles. The van der Waals surface area contributed by atoms with E-state index in [0.29, 0.717) is 22.7 Å². The lowest BCUT2D eigenvalue weighted by atomic mass is 10.0. The summed E-state index contributed by atoms with van der Waals surface area (Å²) >= 11 is 6.46. The van der Waals surface area contributed by atoms with Crippen LogP contribution in [0.15, 0.2) is 78.9 Å². The van der Waals surface area contributed by atoms with E-state index in [1.165, 1.54) is 24.0 Å². The fraction of sp³-hybridized carbons (Fsp3) is 0.323. The molecule has 0 aliphatic carbocycles. The number of hydrogen-bond donors (Lipinski definition) is 1. The summed E-state index contributed by atoms with van der Waals surface area (Å²) in [5.41, 5.74) is 1.94. The number of nitrogens with zero attached hydrogens (tertiary/aromatic N) is 2. The number of carbonyl (C=O) groups excluding carboxylic acids is 3. The second-order valence-electron chi connectivity index (χ2n) is 10.3. The van der Waals surface area contributed by atoms with Crippen LogP contribution < -0.4 is 9.62 Å². The van der Waals surface area contributed by atoms with Crippen LogP contribution >= 0.6 is 11.6 Å². The summed E-state index contributed by atoms with van der Waals surface area (Å²) in [7, 11) is -3.95. The van der Waals surface area contributed by atoms with Crippen molar-refractivity contribution in [1.82, 2.24) is 10.2 Å². The van der Waals surface area contributed by atoms with Gasteiger partial charge in [-0.25, -0.2) is 8.42 Å². The molecule has 218 valence electrons. The van der Waals surface area contributed by atoms with E-state index in [1.807, 2.05) is 44.2 Å². The molecule has 10 heteroatoms. The largest absolute Gasteiger partial charge is 0.354 e. The van der Waals surface area contributed by atoms with Gasteiger partial charge in [-0.1, -0.05) is 86.1 Å². The number of hydrogen-bond acceptors (Lipinski definition) is 5. The van der Waals surface area contributed by atoms with Crippen molar-refractivity contribution in [2.24, 2.45) is 5.92 Å². The van der Waals surface area contributed by atoms with E-state index >= 15 is 0 Å². The first-order valence-electron chi connectivity index (χ1n) is 13.3. The Morgan fingerprint density at radius 2 is 1.59 bits per heavy atom. The van der Waals surface area contributed by atoms with Crippen LogP contribution in [0.25, 0.3) is 0 Å². The molecule has 0 aliphatic heterocycles. The SMILES string of the molecule is CC(=O)c1cccc(N(CC(=O)N(Cc2ccccc2Cl)[C@H](Cc2ccccc2)C(=O)NCC(C)C)S(C)(=O)=O)c1. The number of Topliss-reactive ketones (excluding diaryl/α,β-unsaturated/α-hetero) is 1. The maximum Gasteiger partial charge on any atom is 0.244 e. The monoisotopic (exact) mass is 597 g/mol. The molecule has 0 fully saturated rings. The second-order valence-corrected chi connectivity index (χ2v) is 12.6. The molecule has 0 spiro atoms. The highest BCUT2D eigenvalue weighted by Crippen LogP contribution is 2.23. The molecule has 0 unspecified atom stereocenters. The molecular weight excluding hydrogens is 562 g/mol. The van der Waals surface area contributed by atoms with Gasteiger partial charge in [-0.3, -0.25) is 18.7 Å². The summed E-state index contributed by atoms with van der Waals surface area (Å²) in [5, 5.41) is 3.36. The van der Waals surface area contributed by atoms with E-state index in [0.717, 1.165) is 16.1 Å². The zero-order chi connectivity index (χ0) is 30.2. The predicted molar refractivity (Wildman–Crippen MR) is 162 cm³/mol. The third kappa shape index (κ3) is 9.16. The molecule has 0 bridgehead atoms. The van der Waals surface area contributed by atoms with E-state index in [4.69, 9.17) is 11.6 Å². The molecule has 3 aromatic carbocycles. The summed E-state index contributed by atoms with van der Waals surface area (Å²) in [6.45, 7) is 5.13. The summed E-state index contributed by atoms with van der Waals surface area (Å²) in [6, 6.07) is 21.5. The van der Waals surface area contributed by atoms with E-state index in [-0.39, 0.29) is 36.3 Å². The van der Waals surface area contributed by atoms with Crippen molar-refractivity contribution in [3.05, 3.63) is 101 Å². The van der Waals surface area contributed by atoms with E-state index in [9.17, 15) is 22.8 Å². The Hall–Kier alpha value is -3.69. The van der Waals surface area contributed by atoms with Crippen LogP contribution in [0.1, 0.15) is 42.3 Å². The summed E-state index contributed by atoms with van der Waals surface area (Å²) in [4.78, 5) is 41.1. The van der Waals surface area contributed by atoms with Gasteiger partial charge in [-0.2, -0.15) is 0 Å². The van der Waals surface area contributed by atoms with Gasteiger partial charge in [0.15, 0.2) is 5.78 Å². The van der Waals surface area contributed by atoms with Crippen LogP contribution in [0, 0.1) is 5.92 Å². The number of sulfonamides is 1. The van der Waals surface area contributed by atoms with Gasteiger partial charge in [-0.15, -0.1) is 0 Å². The average Bonchev–Trinajstić information content (AvgIpc) is 2.93. The molecule has 41 heavy (non-hydrogen) atoms. The summed E-state index contributed by atoms with van der Waals surface area (Å²) in [6.07, 6.45) is 1.20. The van der Waals surface area contributed by atoms with Gasteiger partial charge in [0.2, 0.25) is 21.8 Å². The molecule has 8 nitrogen and oxygen atoms in total. The lowest BCUT2D eigenvalue weighted by Crippen LogP contribution is -2.53. The van der Waals surface area contributed by atoms with Crippen LogP contribution in [-0.4, -0.2) is 56.3 Å². The van der Waals surface area contributed by atoms with Crippen molar-refractivity contribution in [2.75, 3.05) is 23.7 Å². The molecule has 3 rings (SSSR count). The van der Waals surface area contributed by atoms with Crippen LogP contribution in [-0.2, 0) is 32.6 Å². The van der Waals surface area contributed by atoms with Gasteiger partial charge in [0, 0.05) is 30.1 Å². The Morgan fingerprint density at radius 3 is 2.20 bits per heavy atom. The normalized spacial score (nSPS) is 12.0. The fourth-order valence-corrected chi connectivity index (χ4v) is 5.32. The van der Waals surface area contributed by atoms with Crippen LogP contribution in [0.3, 0.4) is 0 Å². The minimum atomic E-state index is -3.95. The highest BCUT2D eigenvalue weighted by atomic mass is 35.5. The van der Waals surface area contributed by atoms with E-state index in [2.05, 4.69) is 5.32 Å². The van der Waals surface area contributed by atoms with E-state index < -0.39 is 28.5 Å². The lowest BCUT2D eigenvalue weighted by Gasteiger charge is -2.34. The predicted octanol–water partition coefficient (Wildman–Crippen LogP) is 4.72. The summed E-state index contributed by atoms with van der Waals surface area (Å²) < 4.78 is 26.8. The van der Waals surface area contributed by atoms with Crippen molar-refractivity contribution in [1.29, 1.82) is 0 Å². The molecule has 3 aromatic rings. The number of ketones is 1. The first kappa shape index (κ1) is 31.8. The van der Waals surface area contributed by atoms with Crippen molar-refractivity contribution in [2.45, 2.75) is 39.8 Å². The van der Waals surface area contributed by atoms with Crippen LogP contribution in [0.2, 0.25) is 5.02 Å². The number of halogens is 1. The minimum absolute atomic E-state index is 0.0177. The number of benzene rings is 3. The highest BCUT2D eigenvalue weighted by molar-refractivity contribution is 7.92. The highest BCUT2D eigenvalue weighted by Gasteiger charge is 2.33. The Kier molecular flexibility index (Phi) is 11.1. The molecule has 1 atom stereocenters. The second kappa shape index (κ2) is 14.3. The fourth-order valence-electron chi connectivity index (χ4n) is 4.28. The standard InChI is InChI=1S/C31H36ClN3O5S/c1-22(2)19-33-31(38)29(17-24-11-6-5-7-12-24)34(20-26-13-8-9-16-28(26)32)30(37)21-35(41(4,39)40)27-15-10-14-25(18-27)23(3)36/h5-16,18,22,29H,17,19-21H2,1-4H3,(H,33,38)/t29-/m1/s1. The van der Waals surface area contributed by atoms with Gasteiger partial charge >= 0.3 is 0 Å². The molecule has 0 radical (unpaired) electrons. The zero-order valence-electron chi connectivity index (χ0n) is 23.7. The van der Waals surface area contributed by atoms with E-state index in [1.54, 1.807) is 36.4 Å². The Balaban J connectivity index is 2.08. The van der Waals surface area contributed by atoms with Gasteiger partial charge < -0.3 is 10.2 Å². The van der Waals surface area contributed by atoms with Gasteiger partial charge in [0.25, 0.3) is 0 Å². The molecule has 2 amide bonds. The Labute approximate surface area is 247 Å². The molecule has 0 saturated carbocycles. The molecule has 1 N–H and O–H groups in total. The maximum atomic E-state index is 14.1. The summed E-state index contributed by atoms with van der Waals surface area (Å²) in [5.74, 6) is -1.01. The number of nitrogens with one attached hydrogen (secondary N) is 1. The number of anilines is 1. The van der Waals surface area contributed by atoms with Crippen molar-refractivity contribution in [3.63, 3.8) is 0 Å². The van der Waals surface area contributed by atoms with Gasteiger partial charge in [0.05, 0.1) is 11.9 Å². The number of amides is 2. The quantitative estimate of drug-likeness (QED) is 0.287. The minimum Gasteiger partial charge on any atom is -0.354 e. The topological polar surface area (TPSA) is 104 Å². The van der Waals surface area contributed by atoms with Crippen molar-refractivity contribution in [3.8, 4) is 0 Å². The Morgan fingerprint density at radius 1 is 0.927 bits per heavy atom. The van der Waals surface area contributed by atoms with Gasteiger partial charge in [-0.05, 0) is 42.2 Å². The Bertz CT molecular complexity index is 1480. The molecule has 0 aliphatic rings. The smallest absolute Gasteiger partial charge is 0.244 e. The lowest BCUT2D eigenvalue weighted by molar-refractivity contribution is -0.140. The third-order valence-electron chi connectivity index (χ3n) is 6.47. The van der Waals surface area contributed by atoms with Crippen molar-refractivity contribution < 1.29 is 22.8 Å². The first-order valence-corrected chi connectivity index (χ1v) is 15.5. The number of carbonyl (C=O) groups is 3.